The first-order valence-corrected chi connectivity index (χ1v) is 8.80. The number of amides is 1. The number of carbonyl (C=O) groups is 2. The minimum absolute atomic E-state index is 0.0301. The molecule has 25 heavy (non-hydrogen) atoms. The first-order valence-electron chi connectivity index (χ1n) is 8.80. The number of hydrogen-bond donors (Lipinski definition) is 0. The number of hydrogen-bond acceptors (Lipinski definition) is 4. The van der Waals surface area contributed by atoms with Gasteiger partial charge >= 0.3 is 5.97 Å². The van der Waals surface area contributed by atoms with Crippen molar-refractivity contribution in [2.45, 2.75) is 41.0 Å². The van der Waals surface area contributed by atoms with E-state index in [9.17, 15) is 9.59 Å². The second-order valence-corrected chi connectivity index (χ2v) is 6.96. The highest BCUT2D eigenvalue weighted by atomic mass is 16.5. The second kappa shape index (κ2) is 10.1. The van der Waals surface area contributed by atoms with Gasteiger partial charge in [-0.25, -0.2) is 0 Å². The first kappa shape index (κ1) is 21.0. The molecule has 1 aromatic carbocycles. The molecule has 1 atom stereocenters. The van der Waals surface area contributed by atoms with Crippen LogP contribution in [0.25, 0.3) is 0 Å². The topological polar surface area (TPSA) is 55.8 Å². The Morgan fingerprint density at radius 2 is 1.72 bits per heavy atom. The third-order valence-corrected chi connectivity index (χ3v) is 4.18. The summed E-state index contributed by atoms with van der Waals surface area (Å²) in [5, 5.41) is 0. The van der Waals surface area contributed by atoms with E-state index in [1.165, 1.54) is 7.11 Å². The summed E-state index contributed by atoms with van der Waals surface area (Å²) in [5.41, 5.74) is 2.01. The zero-order valence-corrected chi connectivity index (χ0v) is 16.3. The molecule has 5 nitrogen and oxygen atoms in total. The lowest BCUT2D eigenvalue weighted by Gasteiger charge is -2.26. The summed E-state index contributed by atoms with van der Waals surface area (Å²) in [5.74, 6) is 0.447. The van der Waals surface area contributed by atoms with Gasteiger partial charge in [-0.3, -0.25) is 9.59 Å². The number of benzene rings is 1. The predicted octanol–water partition coefficient (Wildman–Crippen LogP) is 3.37. The number of methoxy groups -OCH3 is 1. The van der Waals surface area contributed by atoms with Crippen LogP contribution in [0.4, 0.5) is 0 Å². The Morgan fingerprint density at radius 1 is 1.12 bits per heavy atom. The maximum Gasteiger partial charge on any atom is 0.310 e. The summed E-state index contributed by atoms with van der Waals surface area (Å²) in [7, 11) is 1.36. The van der Waals surface area contributed by atoms with Crippen LogP contribution in [0.5, 0.6) is 5.75 Å². The van der Waals surface area contributed by atoms with E-state index in [1.54, 1.807) is 11.8 Å². The third kappa shape index (κ3) is 6.77. The smallest absolute Gasteiger partial charge is 0.310 e. The first-order chi connectivity index (χ1) is 11.8. The van der Waals surface area contributed by atoms with Gasteiger partial charge in [0.15, 0.2) is 6.61 Å². The van der Waals surface area contributed by atoms with Gasteiger partial charge in [0.25, 0.3) is 5.91 Å². The maximum atomic E-state index is 12.6. The monoisotopic (exact) mass is 349 g/mol. The highest BCUT2D eigenvalue weighted by Gasteiger charge is 2.22. The van der Waals surface area contributed by atoms with Crippen molar-refractivity contribution < 1.29 is 19.1 Å². The molecular formula is C20H31NO4. The zero-order chi connectivity index (χ0) is 19.0. The highest BCUT2D eigenvalue weighted by Crippen LogP contribution is 2.22. The van der Waals surface area contributed by atoms with Crippen molar-refractivity contribution in [2.75, 3.05) is 26.8 Å². The fourth-order valence-electron chi connectivity index (χ4n) is 2.59. The van der Waals surface area contributed by atoms with Crippen molar-refractivity contribution in [1.29, 1.82) is 0 Å². The van der Waals surface area contributed by atoms with Gasteiger partial charge in [-0.05, 0) is 37.3 Å². The Morgan fingerprint density at radius 3 is 2.24 bits per heavy atom. The van der Waals surface area contributed by atoms with Crippen molar-refractivity contribution in [2.24, 2.45) is 11.8 Å². The molecule has 140 valence electrons. The van der Waals surface area contributed by atoms with Crippen LogP contribution < -0.4 is 4.74 Å². The molecule has 0 aliphatic carbocycles. The van der Waals surface area contributed by atoms with Crippen molar-refractivity contribution in [3.05, 3.63) is 29.3 Å². The lowest BCUT2D eigenvalue weighted by Crippen LogP contribution is -2.40. The Bertz CT molecular complexity index is 563. The molecule has 0 saturated carbocycles. The van der Waals surface area contributed by atoms with Gasteiger partial charge in [0.05, 0.1) is 13.0 Å². The molecule has 0 aliphatic heterocycles. The standard InChI is InChI=1S/C20H31NO4/c1-14(2)10-11-21(12-17(5)20(23)24-6)18(22)13-25-19-15(3)8-7-9-16(19)4/h7-9,14,17H,10-13H2,1-6H3. The van der Waals surface area contributed by atoms with Crippen LogP contribution in [0.1, 0.15) is 38.3 Å². The van der Waals surface area contributed by atoms with Gasteiger partial charge in [-0.1, -0.05) is 39.0 Å². The van der Waals surface area contributed by atoms with Gasteiger partial charge in [-0.15, -0.1) is 0 Å². The summed E-state index contributed by atoms with van der Waals surface area (Å²) in [4.78, 5) is 26.0. The molecule has 0 radical (unpaired) electrons. The minimum atomic E-state index is -0.360. The second-order valence-electron chi connectivity index (χ2n) is 6.96. The molecule has 0 heterocycles. The van der Waals surface area contributed by atoms with Crippen LogP contribution in [-0.4, -0.2) is 43.6 Å². The molecule has 1 aromatic rings. The maximum absolute atomic E-state index is 12.6. The molecule has 0 bridgehead atoms. The van der Waals surface area contributed by atoms with Gasteiger partial charge in [0.1, 0.15) is 5.75 Å². The van der Waals surface area contributed by atoms with Crippen LogP contribution >= 0.6 is 0 Å². The zero-order valence-electron chi connectivity index (χ0n) is 16.3. The summed E-state index contributed by atoms with van der Waals surface area (Å²) in [6, 6.07) is 5.89. The van der Waals surface area contributed by atoms with Crippen molar-refractivity contribution >= 4 is 11.9 Å². The average molecular weight is 349 g/mol. The molecule has 0 aliphatic rings. The van der Waals surface area contributed by atoms with Crippen LogP contribution in [-0.2, 0) is 14.3 Å². The summed E-state index contributed by atoms with van der Waals surface area (Å²) < 4.78 is 10.5. The molecule has 0 N–H and O–H groups in total. The van der Waals surface area contributed by atoms with E-state index >= 15 is 0 Å². The van der Waals surface area contributed by atoms with E-state index in [0.29, 0.717) is 19.0 Å². The van der Waals surface area contributed by atoms with E-state index in [0.717, 1.165) is 23.3 Å². The molecule has 1 rings (SSSR count). The SMILES string of the molecule is COC(=O)C(C)CN(CCC(C)C)C(=O)COc1c(C)cccc1C. The molecule has 0 fully saturated rings. The lowest BCUT2D eigenvalue weighted by atomic mass is 10.1. The molecule has 0 saturated heterocycles. The van der Waals surface area contributed by atoms with Crippen LogP contribution in [0.3, 0.4) is 0 Å². The third-order valence-electron chi connectivity index (χ3n) is 4.18. The van der Waals surface area contributed by atoms with E-state index in [2.05, 4.69) is 13.8 Å². The Kier molecular flexibility index (Phi) is 8.46. The molecule has 0 spiro atoms. The number of aryl methyl sites for hydroxylation is 2. The number of ether oxygens (including phenoxy) is 2. The predicted molar refractivity (Wildman–Crippen MR) is 98.6 cm³/mol. The van der Waals surface area contributed by atoms with E-state index in [4.69, 9.17) is 9.47 Å². The van der Waals surface area contributed by atoms with Crippen LogP contribution in [0.2, 0.25) is 0 Å². The molecule has 1 unspecified atom stereocenters. The summed E-state index contributed by atoms with van der Waals surface area (Å²) in [6.45, 7) is 10.8. The average Bonchev–Trinajstić information content (AvgIpc) is 2.56. The summed E-state index contributed by atoms with van der Waals surface area (Å²) in [6.07, 6.45) is 0.878. The van der Waals surface area contributed by atoms with Gasteiger partial charge in [-0.2, -0.15) is 0 Å². The van der Waals surface area contributed by atoms with Crippen molar-refractivity contribution in [3.63, 3.8) is 0 Å². The minimum Gasteiger partial charge on any atom is -0.483 e. The number of esters is 1. The van der Waals surface area contributed by atoms with Gasteiger partial charge in [0, 0.05) is 13.1 Å². The van der Waals surface area contributed by atoms with E-state index in [-0.39, 0.29) is 24.4 Å². The molecule has 1 amide bonds. The normalized spacial score (nSPS) is 12.0. The van der Waals surface area contributed by atoms with Crippen LogP contribution in [0.15, 0.2) is 18.2 Å². The molecular weight excluding hydrogens is 318 g/mol. The van der Waals surface area contributed by atoms with Crippen LogP contribution in [0, 0.1) is 25.7 Å². The number of nitrogens with zero attached hydrogens (tertiary/aromatic N) is 1. The number of para-hydroxylation sites is 1. The fraction of sp³-hybridized carbons (Fsp3) is 0.600. The van der Waals surface area contributed by atoms with E-state index < -0.39 is 0 Å². The van der Waals surface area contributed by atoms with E-state index in [1.807, 2.05) is 32.0 Å². The van der Waals surface area contributed by atoms with Crippen molar-refractivity contribution in [3.8, 4) is 5.75 Å². The number of carbonyl (C=O) groups excluding carboxylic acids is 2. The van der Waals surface area contributed by atoms with Crippen molar-refractivity contribution in [1.82, 2.24) is 4.90 Å². The quantitative estimate of drug-likeness (QED) is 0.642. The Hall–Kier alpha value is -2.04. The Balaban J connectivity index is 2.75. The molecule has 0 aromatic heterocycles. The van der Waals surface area contributed by atoms with Gasteiger partial charge < -0.3 is 14.4 Å². The highest BCUT2D eigenvalue weighted by molar-refractivity contribution is 5.79. The fourth-order valence-corrected chi connectivity index (χ4v) is 2.59. The Labute approximate surface area is 151 Å². The molecule has 5 heteroatoms. The number of rotatable bonds is 9. The largest absolute Gasteiger partial charge is 0.483 e. The van der Waals surface area contributed by atoms with Gasteiger partial charge in [0.2, 0.25) is 0 Å². The summed E-state index contributed by atoms with van der Waals surface area (Å²) >= 11 is 0. The lowest BCUT2D eigenvalue weighted by molar-refractivity contribution is -0.146.